The monoisotopic (exact) mass is 344 g/mol. The van der Waals surface area contributed by atoms with E-state index in [-0.39, 0.29) is 21.7 Å². The number of carbonyl (C=O) groups is 1. The SMILES string of the molecule is CN(C)S(=O)(=O)c1cc(NC(=O)C2CCCCC2)ccc1Cl. The summed E-state index contributed by atoms with van der Waals surface area (Å²) in [5.41, 5.74) is 0.459. The van der Waals surface area contributed by atoms with E-state index < -0.39 is 10.0 Å². The minimum Gasteiger partial charge on any atom is -0.326 e. The van der Waals surface area contributed by atoms with Gasteiger partial charge in [0, 0.05) is 25.7 Å². The first-order chi connectivity index (χ1) is 10.3. The molecule has 1 fully saturated rings. The maximum Gasteiger partial charge on any atom is 0.244 e. The number of rotatable bonds is 4. The van der Waals surface area contributed by atoms with Crippen LogP contribution in [0.1, 0.15) is 32.1 Å². The number of nitrogens with one attached hydrogen (secondary N) is 1. The summed E-state index contributed by atoms with van der Waals surface area (Å²) in [5.74, 6) is -0.0337. The average Bonchev–Trinajstić information content (AvgIpc) is 2.49. The molecule has 0 aromatic heterocycles. The van der Waals surface area contributed by atoms with Crippen molar-refractivity contribution in [2.45, 2.75) is 37.0 Å². The van der Waals surface area contributed by atoms with Crippen molar-refractivity contribution in [3.05, 3.63) is 23.2 Å². The van der Waals surface area contributed by atoms with Gasteiger partial charge in [0.15, 0.2) is 0 Å². The molecular formula is C15H21ClN2O3S. The third kappa shape index (κ3) is 3.80. The van der Waals surface area contributed by atoms with Crippen molar-refractivity contribution in [1.82, 2.24) is 4.31 Å². The predicted molar refractivity (Wildman–Crippen MR) is 87.5 cm³/mol. The van der Waals surface area contributed by atoms with Gasteiger partial charge in [-0.15, -0.1) is 0 Å². The van der Waals surface area contributed by atoms with Gasteiger partial charge in [-0.2, -0.15) is 0 Å². The molecule has 1 saturated carbocycles. The molecule has 1 N–H and O–H groups in total. The van der Waals surface area contributed by atoms with Crippen LogP contribution < -0.4 is 5.32 Å². The predicted octanol–water partition coefficient (Wildman–Crippen LogP) is 3.11. The van der Waals surface area contributed by atoms with Crippen LogP contribution in [0.2, 0.25) is 5.02 Å². The number of amides is 1. The summed E-state index contributed by atoms with van der Waals surface area (Å²) in [4.78, 5) is 12.2. The zero-order chi connectivity index (χ0) is 16.3. The summed E-state index contributed by atoms with van der Waals surface area (Å²) in [6.07, 6.45) is 5.10. The average molecular weight is 345 g/mol. The topological polar surface area (TPSA) is 66.5 Å². The fourth-order valence-electron chi connectivity index (χ4n) is 2.58. The normalized spacial score (nSPS) is 16.7. The van der Waals surface area contributed by atoms with Gasteiger partial charge in [-0.25, -0.2) is 12.7 Å². The van der Waals surface area contributed by atoms with E-state index >= 15 is 0 Å². The molecule has 7 heteroatoms. The van der Waals surface area contributed by atoms with Crippen LogP contribution in [0.4, 0.5) is 5.69 Å². The lowest BCUT2D eigenvalue weighted by molar-refractivity contribution is -0.120. The first-order valence-electron chi connectivity index (χ1n) is 7.35. The highest BCUT2D eigenvalue weighted by atomic mass is 35.5. The molecular weight excluding hydrogens is 324 g/mol. The Bertz CT molecular complexity index is 653. The second-order valence-corrected chi connectivity index (χ2v) is 8.28. The quantitative estimate of drug-likeness (QED) is 0.912. The van der Waals surface area contributed by atoms with Crippen LogP contribution in [-0.2, 0) is 14.8 Å². The lowest BCUT2D eigenvalue weighted by Crippen LogP contribution is -2.25. The van der Waals surface area contributed by atoms with Crippen molar-refractivity contribution >= 4 is 33.2 Å². The van der Waals surface area contributed by atoms with E-state index in [9.17, 15) is 13.2 Å². The molecule has 1 aromatic rings. The summed E-state index contributed by atoms with van der Waals surface area (Å²) in [7, 11) is -0.754. The zero-order valence-electron chi connectivity index (χ0n) is 12.8. The zero-order valence-corrected chi connectivity index (χ0v) is 14.4. The molecule has 0 atom stereocenters. The second kappa shape index (κ2) is 6.98. The molecule has 1 aliphatic carbocycles. The molecule has 0 saturated heterocycles. The standard InChI is InChI=1S/C15H21ClN2O3S/c1-18(2)22(20,21)14-10-12(8-9-13(14)16)17-15(19)11-6-4-3-5-7-11/h8-11H,3-7H2,1-2H3,(H,17,19). The van der Waals surface area contributed by atoms with Gasteiger partial charge in [-0.3, -0.25) is 4.79 Å². The van der Waals surface area contributed by atoms with Crippen LogP contribution in [0, 0.1) is 5.92 Å². The van der Waals surface area contributed by atoms with Gasteiger partial charge in [-0.05, 0) is 31.0 Å². The highest BCUT2D eigenvalue weighted by Gasteiger charge is 2.24. The molecule has 2 rings (SSSR count). The second-order valence-electron chi connectivity index (χ2n) is 5.76. The maximum atomic E-state index is 12.2. The number of nitrogens with zero attached hydrogens (tertiary/aromatic N) is 1. The van der Waals surface area contributed by atoms with Crippen molar-refractivity contribution in [3.8, 4) is 0 Å². The molecule has 1 aliphatic rings. The Hall–Kier alpha value is -1.11. The van der Waals surface area contributed by atoms with E-state index in [1.807, 2.05) is 0 Å². The number of hydrogen-bond acceptors (Lipinski definition) is 3. The smallest absolute Gasteiger partial charge is 0.244 e. The summed E-state index contributed by atoms with van der Waals surface area (Å²) in [6.45, 7) is 0. The maximum absolute atomic E-state index is 12.2. The minimum absolute atomic E-state index is 0.000566. The van der Waals surface area contributed by atoms with Crippen molar-refractivity contribution in [1.29, 1.82) is 0 Å². The van der Waals surface area contributed by atoms with Gasteiger partial charge >= 0.3 is 0 Å². The van der Waals surface area contributed by atoms with Gasteiger partial charge in [0.25, 0.3) is 0 Å². The van der Waals surface area contributed by atoms with Crippen LogP contribution in [0.3, 0.4) is 0 Å². The van der Waals surface area contributed by atoms with Crippen LogP contribution in [0.25, 0.3) is 0 Å². The fourth-order valence-corrected chi connectivity index (χ4v) is 3.98. The Kier molecular flexibility index (Phi) is 5.47. The molecule has 122 valence electrons. The Morgan fingerprint density at radius 3 is 2.45 bits per heavy atom. The Labute approximate surface area is 136 Å². The van der Waals surface area contributed by atoms with Gasteiger partial charge < -0.3 is 5.32 Å². The van der Waals surface area contributed by atoms with E-state index in [1.165, 1.54) is 32.6 Å². The van der Waals surface area contributed by atoms with Crippen LogP contribution >= 0.6 is 11.6 Å². The largest absolute Gasteiger partial charge is 0.326 e. The summed E-state index contributed by atoms with van der Waals surface area (Å²) in [5, 5.41) is 2.95. The molecule has 1 amide bonds. The van der Waals surface area contributed by atoms with Gasteiger partial charge in [0.05, 0.1) is 5.02 Å². The van der Waals surface area contributed by atoms with Crippen LogP contribution in [-0.4, -0.2) is 32.7 Å². The number of halogens is 1. The Morgan fingerprint density at radius 2 is 1.86 bits per heavy atom. The summed E-state index contributed by atoms with van der Waals surface area (Å²) in [6, 6.07) is 4.53. The van der Waals surface area contributed by atoms with Gasteiger partial charge in [-0.1, -0.05) is 30.9 Å². The first kappa shape index (κ1) is 17.2. The Balaban J connectivity index is 2.21. The van der Waals surface area contributed by atoms with E-state index in [2.05, 4.69) is 5.32 Å². The number of hydrogen-bond donors (Lipinski definition) is 1. The fraction of sp³-hybridized carbons (Fsp3) is 0.533. The molecule has 0 spiro atoms. The molecule has 5 nitrogen and oxygen atoms in total. The molecule has 0 heterocycles. The van der Waals surface area contributed by atoms with Crippen LogP contribution in [0.5, 0.6) is 0 Å². The summed E-state index contributed by atoms with van der Waals surface area (Å²) < 4.78 is 25.5. The third-order valence-electron chi connectivity index (χ3n) is 3.93. The molecule has 0 bridgehead atoms. The highest BCUT2D eigenvalue weighted by molar-refractivity contribution is 7.89. The van der Waals surface area contributed by atoms with Crippen LogP contribution in [0.15, 0.2) is 23.1 Å². The van der Waals surface area contributed by atoms with Crippen molar-refractivity contribution < 1.29 is 13.2 Å². The number of anilines is 1. The van der Waals surface area contributed by atoms with Crippen molar-refractivity contribution in [3.63, 3.8) is 0 Å². The van der Waals surface area contributed by atoms with E-state index in [0.717, 1.165) is 30.0 Å². The number of carbonyl (C=O) groups excluding carboxylic acids is 1. The molecule has 22 heavy (non-hydrogen) atoms. The molecule has 1 aromatic carbocycles. The highest BCUT2D eigenvalue weighted by Crippen LogP contribution is 2.28. The van der Waals surface area contributed by atoms with Crippen molar-refractivity contribution in [2.75, 3.05) is 19.4 Å². The molecule has 0 radical (unpaired) electrons. The van der Waals surface area contributed by atoms with Gasteiger partial charge in [0.2, 0.25) is 15.9 Å². The number of benzene rings is 1. The summed E-state index contributed by atoms with van der Waals surface area (Å²) >= 11 is 5.99. The first-order valence-corrected chi connectivity index (χ1v) is 9.17. The number of sulfonamides is 1. The lowest BCUT2D eigenvalue weighted by atomic mass is 9.88. The molecule has 0 unspecified atom stereocenters. The van der Waals surface area contributed by atoms with E-state index in [0.29, 0.717) is 5.69 Å². The van der Waals surface area contributed by atoms with E-state index in [1.54, 1.807) is 6.07 Å². The minimum atomic E-state index is -3.64. The third-order valence-corrected chi connectivity index (χ3v) is 6.23. The Morgan fingerprint density at radius 1 is 1.23 bits per heavy atom. The lowest BCUT2D eigenvalue weighted by Gasteiger charge is -2.21. The van der Waals surface area contributed by atoms with Crippen molar-refractivity contribution in [2.24, 2.45) is 5.92 Å². The van der Waals surface area contributed by atoms with E-state index in [4.69, 9.17) is 11.6 Å². The van der Waals surface area contributed by atoms with Gasteiger partial charge in [0.1, 0.15) is 4.90 Å². The molecule has 0 aliphatic heterocycles.